The average Bonchev–Trinajstić information content (AvgIpc) is 3.38. The molecule has 8 heteroatoms. The minimum atomic E-state index is -0.262. The topological polar surface area (TPSA) is 89.0 Å². The van der Waals surface area contributed by atoms with Crippen LogP contribution < -0.4 is 20.2 Å². The summed E-state index contributed by atoms with van der Waals surface area (Å²) < 4.78 is 10.6. The van der Waals surface area contributed by atoms with Crippen LogP contribution in [0, 0.1) is 13.8 Å². The SMILES string of the molecule is CC(=NNC(=O)c1csc(C)c1C)c1cccc(NC(=O)c2ccc3c(c2)OCO3)c1. The molecule has 0 fully saturated rings. The van der Waals surface area contributed by atoms with Crippen molar-refractivity contribution >= 4 is 34.6 Å². The van der Waals surface area contributed by atoms with Crippen LogP contribution >= 0.6 is 11.3 Å². The van der Waals surface area contributed by atoms with Gasteiger partial charge >= 0.3 is 0 Å². The van der Waals surface area contributed by atoms with Crippen molar-refractivity contribution in [1.82, 2.24) is 5.43 Å². The lowest BCUT2D eigenvalue weighted by atomic mass is 10.1. The number of thiophene rings is 1. The zero-order valence-electron chi connectivity index (χ0n) is 17.3. The van der Waals surface area contributed by atoms with Gasteiger partial charge in [-0.1, -0.05) is 12.1 Å². The van der Waals surface area contributed by atoms with Gasteiger partial charge in [-0.3, -0.25) is 9.59 Å². The maximum absolute atomic E-state index is 12.6. The predicted octanol–water partition coefficient (Wildman–Crippen LogP) is 4.50. The third-order valence-electron chi connectivity index (χ3n) is 5.03. The number of hydrazone groups is 1. The first-order valence-corrected chi connectivity index (χ1v) is 10.5. The summed E-state index contributed by atoms with van der Waals surface area (Å²) >= 11 is 1.54. The van der Waals surface area contributed by atoms with Gasteiger partial charge < -0.3 is 14.8 Å². The highest BCUT2D eigenvalue weighted by Crippen LogP contribution is 2.32. The highest BCUT2D eigenvalue weighted by molar-refractivity contribution is 7.10. The number of rotatable bonds is 5. The molecule has 1 aromatic heterocycles. The number of hydrogen-bond acceptors (Lipinski definition) is 6. The molecule has 0 unspecified atom stereocenters. The lowest BCUT2D eigenvalue weighted by molar-refractivity contribution is 0.0953. The highest BCUT2D eigenvalue weighted by Gasteiger charge is 2.16. The van der Waals surface area contributed by atoms with Crippen molar-refractivity contribution in [3.63, 3.8) is 0 Å². The lowest BCUT2D eigenvalue weighted by Crippen LogP contribution is -2.19. The zero-order chi connectivity index (χ0) is 22.0. The second-order valence-corrected chi connectivity index (χ2v) is 8.16. The molecule has 2 aromatic carbocycles. The van der Waals surface area contributed by atoms with E-state index in [2.05, 4.69) is 15.8 Å². The minimum absolute atomic E-state index is 0.156. The fraction of sp³-hybridized carbons (Fsp3) is 0.174. The van der Waals surface area contributed by atoms with Crippen LogP contribution in [0.4, 0.5) is 5.69 Å². The molecule has 0 saturated heterocycles. The summed E-state index contributed by atoms with van der Waals surface area (Å²) in [5, 5.41) is 8.92. The molecule has 0 saturated carbocycles. The van der Waals surface area contributed by atoms with E-state index < -0.39 is 0 Å². The number of benzene rings is 2. The van der Waals surface area contributed by atoms with Crippen molar-refractivity contribution in [3.8, 4) is 11.5 Å². The summed E-state index contributed by atoms with van der Waals surface area (Å²) in [6, 6.07) is 12.3. The Morgan fingerprint density at radius 1 is 1.00 bits per heavy atom. The van der Waals surface area contributed by atoms with Crippen molar-refractivity contribution in [3.05, 3.63) is 75.0 Å². The predicted molar refractivity (Wildman–Crippen MR) is 120 cm³/mol. The Balaban J connectivity index is 1.45. The zero-order valence-corrected chi connectivity index (χ0v) is 18.1. The van der Waals surface area contributed by atoms with E-state index >= 15 is 0 Å². The summed E-state index contributed by atoms with van der Waals surface area (Å²) in [4.78, 5) is 26.1. The largest absolute Gasteiger partial charge is 0.454 e. The van der Waals surface area contributed by atoms with Gasteiger partial charge in [-0.15, -0.1) is 11.3 Å². The minimum Gasteiger partial charge on any atom is -0.454 e. The van der Waals surface area contributed by atoms with Crippen LogP contribution in [0.1, 0.15) is 43.6 Å². The fourth-order valence-corrected chi connectivity index (χ4v) is 3.93. The Morgan fingerprint density at radius 3 is 2.58 bits per heavy atom. The number of fused-ring (bicyclic) bond motifs is 1. The second-order valence-electron chi connectivity index (χ2n) is 7.07. The maximum atomic E-state index is 12.6. The van der Waals surface area contributed by atoms with Crippen LogP contribution in [0.15, 0.2) is 52.9 Å². The number of nitrogens with zero attached hydrogens (tertiary/aromatic N) is 1. The van der Waals surface area contributed by atoms with Gasteiger partial charge in [0, 0.05) is 21.5 Å². The summed E-state index contributed by atoms with van der Waals surface area (Å²) in [5.74, 6) is 0.673. The van der Waals surface area contributed by atoms with Crippen molar-refractivity contribution in [2.45, 2.75) is 20.8 Å². The van der Waals surface area contributed by atoms with Crippen LogP contribution in [0.5, 0.6) is 11.5 Å². The molecule has 0 atom stereocenters. The Morgan fingerprint density at radius 2 is 1.81 bits per heavy atom. The van der Waals surface area contributed by atoms with Gasteiger partial charge in [0.05, 0.1) is 11.3 Å². The molecule has 2 N–H and O–H groups in total. The number of aryl methyl sites for hydroxylation is 1. The van der Waals surface area contributed by atoms with Gasteiger partial charge in [0.15, 0.2) is 11.5 Å². The number of ether oxygens (including phenoxy) is 2. The smallest absolute Gasteiger partial charge is 0.272 e. The summed E-state index contributed by atoms with van der Waals surface area (Å²) in [7, 11) is 0. The van der Waals surface area contributed by atoms with Crippen molar-refractivity contribution in [1.29, 1.82) is 0 Å². The second kappa shape index (κ2) is 8.61. The molecule has 0 aliphatic carbocycles. The number of anilines is 1. The molecule has 3 aromatic rings. The van der Waals surface area contributed by atoms with Gasteiger partial charge in [0.1, 0.15) is 0 Å². The third-order valence-corrected chi connectivity index (χ3v) is 6.04. The number of amides is 2. The normalized spacial score (nSPS) is 12.5. The standard InChI is InChI=1S/C23H21N3O4S/c1-13-15(3)31-11-19(13)23(28)26-25-14(2)16-5-4-6-18(9-16)24-22(27)17-7-8-20-21(10-17)30-12-29-20/h4-11H,12H2,1-3H3,(H,24,27)(H,26,28). The molecule has 158 valence electrons. The van der Waals surface area contributed by atoms with E-state index in [4.69, 9.17) is 9.47 Å². The monoisotopic (exact) mass is 435 g/mol. The van der Waals surface area contributed by atoms with Gasteiger partial charge in [-0.25, -0.2) is 5.43 Å². The molecule has 31 heavy (non-hydrogen) atoms. The number of carbonyl (C=O) groups is 2. The summed E-state index contributed by atoms with van der Waals surface area (Å²) in [6.07, 6.45) is 0. The molecule has 0 radical (unpaired) electrons. The average molecular weight is 436 g/mol. The fourth-order valence-electron chi connectivity index (χ4n) is 3.06. The van der Waals surface area contributed by atoms with Crippen LogP contribution in [-0.2, 0) is 0 Å². The molecular formula is C23H21N3O4S. The Hall–Kier alpha value is -3.65. The van der Waals surface area contributed by atoms with E-state index in [-0.39, 0.29) is 18.6 Å². The first-order valence-electron chi connectivity index (χ1n) is 9.63. The highest BCUT2D eigenvalue weighted by atomic mass is 32.1. The maximum Gasteiger partial charge on any atom is 0.272 e. The molecule has 7 nitrogen and oxygen atoms in total. The first kappa shape index (κ1) is 20.6. The quantitative estimate of drug-likeness (QED) is 0.456. The molecule has 2 heterocycles. The number of nitrogens with one attached hydrogen (secondary N) is 2. The van der Waals surface area contributed by atoms with Gasteiger partial charge in [-0.2, -0.15) is 5.10 Å². The third kappa shape index (κ3) is 4.44. The lowest BCUT2D eigenvalue weighted by Gasteiger charge is -2.08. The number of hydrogen-bond donors (Lipinski definition) is 2. The molecule has 0 spiro atoms. The van der Waals surface area contributed by atoms with E-state index in [1.165, 1.54) is 11.3 Å². The van der Waals surface area contributed by atoms with E-state index in [0.717, 1.165) is 16.0 Å². The molecule has 4 rings (SSSR count). The number of carbonyl (C=O) groups excluding carboxylic acids is 2. The molecular weight excluding hydrogens is 414 g/mol. The van der Waals surface area contributed by atoms with E-state index in [1.807, 2.05) is 31.4 Å². The van der Waals surface area contributed by atoms with Gasteiger partial charge in [0.2, 0.25) is 6.79 Å². The molecule has 1 aliphatic heterocycles. The van der Waals surface area contributed by atoms with E-state index in [1.54, 1.807) is 37.3 Å². The molecule has 2 amide bonds. The summed E-state index contributed by atoms with van der Waals surface area (Å²) in [6.45, 7) is 5.85. The van der Waals surface area contributed by atoms with Crippen molar-refractivity contribution in [2.24, 2.45) is 5.10 Å². The van der Waals surface area contributed by atoms with Crippen LogP contribution in [-0.4, -0.2) is 24.3 Å². The Kier molecular flexibility index (Phi) is 5.73. The van der Waals surface area contributed by atoms with Crippen molar-refractivity contribution < 1.29 is 19.1 Å². The Bertz CT molecular complexity index is 1200. The van der Waals surface area contributed by atoms with Gasteiger partial charge in [-0.05, 0) is 62.2 Å². The van der Waals surface area contributed by atoms with Gasteiger partial charge in [0.25, 0.3) is 11.8 Å². The molecule has 1 aliphatic rings. The molecule has 0 bridgehead atoms. The first-order chi connectivity index (χ1) is 14.9. The Labute approximate surface area is 183 Å². The van der Waals surface area contributed by atoms with Crippen LogP contribution in [0.25, 0.3) is 0 Å². The van der Waals surface area contributed by atoms with E-state index in [0.29, 0.717) is 34.0 Å². The van der Waals surface area contributed by atoms with Crippen LogP contribution in [0.2, 0.25) is 0 Å². The van der Waals surface area contributed by atoms with E-state index in [9.17, 15) is 9.59 Å². The van der Waals surface area contributed by atoms with Crippen LogP contribution in [0.3, 0.4) is 0 Å². The summed E-state index contributed by atoms with van der Waals surface area (Å²) in [5.41, 5.74) is 6.68. The van der Waals surface area contributed by atoms with Crippen molar-refractivity contribution in [2.75, 3.05) is 12.1 Å².